The van der Waals surface area contributed by atoms with E-state index in [1.165, 1.54) is 24.3 Å². The molecule has 4 aromatic rings. The molecule has 4 rings (SSSR count). The topological polar surface area (TPSA) is 67.6 Å². The number of rotatable bonds is 5. The van der Waals surface area contributed by atoms with E-state index in [1.807, 2.05) is 49.4 Å². The third-order valence-corrected chi connectivity index (χ3v) is 6.96. The Labute approximate surface area is 183 Å². The summed E-state index contributed by atoms with van der Waals surface area (Å²) in [7, 11) is -3.85. The van der Waals surface area contributed by atoms with Gasteiger partial charge in [-0.2, -0.15) is 0 Å². The second-order valence-corrected chi connectivity index (χ2v) is 9.45. The van der Waals surface area contributed by atoms with Crippen LogP contribution >= 0.6 is 15.9 Å². The van der Waals surface area contributed by atoms with Crippen molar-refractivity contribution in [3.05, 3.63) is 89.1 Å². The largest absolute Gasteiger partial charge is 0.439 e. The lowest BCUT2D eigenvalue weighted by Gasteiger charge is -2.20. The molecule has 0 aliphatic heterocycles. The van der Waals surface area contributed by atoms with Crippen molar-refractivity contribution >= 4 is 48.1 Å². The van der Waals surface area contributed by atoms with E-state index >= 15 is 0 Å². The zero-order valence-corrected chi connectivity index (χ0v) is 18.5. The van der Waals surface area contributed by atoms with Crippen molar-refractivity contribution in [2.75, 3.05) is 11.4 Å². The summed E-state index contributed by atoms with van der Waals surface area (Å²) in [5, 5.41) is 1.83. The van der Waals surface area contributed by atoms with Crippen LogP contribution in [-0.2, 0) is 9.84 Å². The molecule has 0 atom stereocenters. The summed E-state index contributed by atoms with van der Waals surface area (Å²) < 4.78 is 31.9. The van der Waals surface area contributed by atoms with Crippen LogP contribution in [0.2, 0.25) is 0 Å². The number of fused-ring (bicyclic) bond motifs is 1. The van der Waals surface area contributed by atoms with Gasteiger partial charge in [0.15, 0.2) is 5.76 Å². The fraction of sp³-hybridized carbons (Fsp3) is 0.0870. The summed E-state index contributed by atoms with van der Waals surface area (Å²) in [6.45, 7) is 2.27. The number of amides is 1. The van der Waals surface area contributed by atoms with Crippen LogP contribution in [0.25, 0.3) is 10.8 Å². The van der Waals surface area contributed by atoms with Gasteiger partial charge in [0.25, 0.3) is 5.91 Å². The standard InChI is InChI=1S/C23H18BrNO4S/c1-2-25(19-10-7-16-5-3-4-6-17(16)15-19)23(26)21-13-14-22(29-21)30(27,28)20-11-8-18(24)9-12-20/h3-15H,2H2,1H3. The summed E-state index contributed by atoms with van der Waals surface area (Å²) in [4.78, 5) is 14.7. The number of carbonyl (C=O) groups is 1. The van der Waals surface area contributed by atoms with Crippen LogP contribution in [-0.4, -0.2) is 20.9 Å². The van der Waals surface area contributed by atoms with Gasteiger partial charge in [-0.3, -0.25) is 4.79 Å². The van der Waals surface area contributed by atoms with Gasteiger partial charge in [0.05, 0.1) is 4.90 Å². The first-order valence-electron chi connectivity index (χ1n) is 9.31. The molecule has 0 bridgehead atoms. The average Bonchev–Trinajstić information content (AvgIpc) is 3.26. The second-order valence-electron chi connectivity index (χ2n) is 6.66. The van der Waals surface area contributed by atoms with E-state index in [4.69, 9.17) is 4.42 Å². The maximum absolute atomic E-state index is 13.1. The lowest BCUT2D eigenvalue weighted by Crippen LogP contribution is -2.30. The molecule has 0 radical (unpaired) electrons. The number of hydrogen-bond donors (Lipinski definition) is 0. The Balaban J connectivity index is 1.65. The van der Waals surface area contributed by atoms with Crippen molar-refractivity contribution in [3.8, 4) is 0 Å². The smallest absolute Gasteiger partial charge is 0.294 e. The maximum Gasteiger partial charge on any atom is 0.294 e. The molecule has 5 nitrogen and oxygen atoms in total. The van der Waals surface area contributed by atoms with Gasteiger partial charge in [0.2, 0.25) is 14.9 Å². The third-order valence-electron chi connectivity index (χ3n) is 4.79. The molecule has 0 spiro atoms. The minimum Gasteiger partial charge on any atom is -0.439 e. The van der Waals surface area contributed by atoms with Crippen LogP contribution in [0.4, 0.5) is 5.69 Å². The van der Waals surface area contributed by atoms with Crippen molar-refractivity contribution in [2.45, 2.75) is 16.9 Å². The van der Waals surface area contributed by atoms with Crippen molar-refractivity contribution in [1.29, 1.82) is 0 Å². The molecular formula is C23H18BrNO4S. The quantitative estimate of drug-likeness (QED) is 0.365. The molecular weight excluding hydrogens is 466 g/mol. The van der Waals surface area contributed by atoms with E-state index in [2.05, 4.69) is 15.9 Å². The highest BCUT2D eigenvalue weighted by atomic mass is 79.9. The van der Waals surface area contributed by atoms with Crippen LogP contribution in [0.5, 0.6) is 0 Å². The van der Waals surface area contributed by atoms with Gasteiger partial charge in [-0.15, -0.1) is 0 Å². The Morgan fingerprint density at radius 1 is 0.933 bits per heavy atom. The van der Waals surface area contributed by atoms with Crippen LogP contribution < -0.4 is 4.90 Å². The molecule has 30 heavy (non-hydrogen) atoms. The number of nitrogens with zero attached hydrogens (tertiary/aromatic N) is 1. The predicted molar refractivity (Wildman–Crippen MR) is 120 cm³/mol. The van der Waals surface area contributed by atoms with Crippen molar-refractivity contribution < 1.29 is 17.6 Å². The number of halogens is 1. The van der Waals surface area contributed by atoms with E-state index in [9.17, 15) is 13.2 Å². The highest BCUT2D eigenvalue weighted by Gasteiger charge is 2.26. The van der Waals surface area contributed by atoms with Crippen molar-refractivity contribution in [2.24, 2.45) is 0 Å². The number of furan rings is 1. The first kappa shape index (κ1) is 20.4. The first-order valence-corrected chi connectivity index (χ1v) is 11.6. The van der Waals surface area contributed by atoms with E-state index in [1.54, 1.807) is 17.0 Å². The van der Waals surface area contributed by atoms with Crippen LogP contribution in [0.3, 0.4) is 0 Å². The number of carbonyl (C=O) groups excluding carboxylic acids is 1. The Morgan fingerprint density at radius 3 is 2.33 bits per heavy atom. The first-order chi connectivity index (χ1) is 14.4. The Morgan fingerprint density at radius 2 is 1.63 bits per heavy atom. The van der Waals surface area contributed by atoms with Gasteiger partial charge in [0.1, 0.15) is 0 Å². The molecule has 0 N–H and O–H groups in total. The van der Waals surface area contributed by atoms with Gasteiger partial charge in [0, 0.05) is 16.7 Å². The number of anilines is 1. The molecule has 0 saturated carbocycles. The molecule has 3 aromatic carbocycles. The van der Waals surface area contributed by atoms with Crippen molar-refractivity contribution in [1.82, 2.24) is 0 Å². The summed E-state index contributed by atoms with van der Waals surface area (Å²) in [6.07, 6.45) is 0. The van der Waals surface area contributed by atoms with Crippen LogP contribution in [0.1, 0.15) is 17.5 Å². The number of hydrogen-bond acceptors (Lipinski definition) is 4. The van der Waals surface area contributed by atoms with Crippen molar-refractivity contribution in [3.63, 3.8) is 0 Å². The van der Waals surface area contributed by atoms with Gasteiger partial charge < -0.3 is 9.32 Å². The highest BCUT2D eigenvalue weighted by Crippen LogP contribution is 2.27. The minimum absolute atomic E-state index is 0.0271. The maximum atomic E-state index is 13.1. The van der Waals surface area contributed by atoms with E-state index in [0.29, 0.717) is 6.54 Å². The molecule has 1 heterocycles. The molecule has 1 aromatic heterocycles. The molecule has 0 unspecified atom stereocenters. The van der Waals surface area contributed by atoms with Gasteiger partial charge in [-0.25, -0.2) is 8.42 Å². The summed E-state index contributed by atoms with van der Waals surface area (Å²) in [5.74, 6) is -0.425. The number of sulfone groups is 1. The summed E-state index contributed by atoms with van der Waals surface area (Å²) >= 11 is 3.28. The fourth-order valence-corrected chi connectivity index (χ4v) is 4.67. The molecule has 0 saturated heterocycles. The van der Waals surface area contributed by atoms with Gasteiger partial charge >= 0.3 is 0 Å². The number of benzene rings is 3. The molecule has 0 aliphatic carbocycles. The summed E-state index contributed by atoms with van der Waals surface area (Å²) in [5.41, 5.74) is 0.718. The molecule has 1 amide bonds. The third kappa shape index (κ3) is 3.78. The lowest BCUT2D eigenvalue weighted by molar-refractivity contribution is 0.0956. The molecule has 152 valence electrons. The predicted octanol–water partition coefficient (Wildman–Crippen LogP) is 5.69. The summed E-state index contributed by atoms with van der Waals surface area (Å²) in [6, 6.07) is 22.6. The Bertz CT molecular complexity index is 1330. The molecule has 0 fully saturated rings. The van der Waals surface area contributed by atoms with E-state index in [-0.39, 0.29) is 15.7 Å². The zero-order valence-electron chi connectivity index (χ0n) is 16.1. The van der Waals surface area contributed by atoms with Crippen LogP contribution in [0, 0.1) is 0 Å². The lowest BCUT2D eigenvalue weighted by atomic mass is 10.1. The molecule has 7 heteroatoms. The van der Waals surface area contributed by atoms with Crippen LogP contribution in [0.15, 0.2) is 97.7 Å². The van der Waals surface area contributed by atoms with E-state index < -0.39 is 15.7 Å². The normalized spacial score (nSPS) is 11.5. The van der Waals surface area contributed by atoms with E-state index in [0.717, 1.165) is 20.9 Å². The van der Waals surface area contributed by atoms with Gasteiger partial charge in [-0.1, -0.05) is 46.3 Å². The fourth-order valence-electron chi connectivity index (χ4n) is 3.23. The average molecular weight is 484 g/mol. The second kappa shape index (κ2) is 8.08. The minimum atomic E-state index is -3.85. The highest BCUT2D eigenvalue weighted by molar-refractivity contribution is 9.10. The Kier molecular flexibility index (Phi) is 5.49. The Hall–Kier alpha value is -2.90. The SMILES string of the molecule is CCN(C(=O)c1ccc(S(=O)(=O)c2ccc(Br)cc2)o1)c1ccc2ccccc2c1. The molecule has 0 aliphatic rings. The zero-order chi connectivity index (χ0) is 21.3. The van der Waals surface area contributed by atoms with Gasteiger partial charge in [-0.05, 0) is 66.2 Å². The monoisotopic (exact) mass is 483 g/mol.